The molecule has 12 rings (SSSR count). The summed E-state index contributed by atoms with van der Waals surface area (Å²) in [6, 6.07) is 88.0. The molecule has 2 atom stereocenters. The largest absolute Gasteiger partial charge is 0.390 e. The Balaban J connectivity index is 0.643. The molecule has 0 amide bonds. The van der Waals surface area contributed by atoms with E-state index in [2.05, 4.69) is 191 Å². The molecule has 2 aromatic heterocycles. The number of fused-ring (bicyclic) bond motifs is 6. The van der Waals surface area contributed by atoms with E-state index >= 15 is 0 Å². The number of hydrogen-bond donors (Lipinski definition) is 2. The van der Waals surface area contributed by atoms with Crippen molar-refractivity contribution in [3.63, 3.8) is 0 Å². The number of para-hydroxylation sites is 6. The second-order valence-corrected chi connectivity index (χ2v) is 22.6. The number of hydrogen-bond acceptors (Lipinski definition) is 9. The molecule has 12 aromatic rings. The van der Waals surface area contributed by atoms with Gasteiger partial charge in [0, 0.05) is 64.0 Å². The van der Waals surface area contributed by atoms with E-state index in [1.807, 2.05) is 95.2 Å². The molecule has 0 aliphatic heterocycles. The fourth-order valence-corrected chi connectivity index (χ4v) is 12.5. The predicted octanol–water partition coefficient (Wildman–Crippen LogP) is 16.0. The molecular formula is C68H56N6O2S3. The van der Waals surface area contributed by atoms with Crippen LogP contribution in [-0.2, 0) is 0 Å². The quantitative estimate of drug-likeness (QED) is 0.0447. The standard InChI is InChI=1S/C68H56N6O2S3/c75-55(45-71(51-17-5-1-6-18-51)69-43-49-29-39-67-63(41-49)61-25-13-15-27-65(61)73(67)53-21-9-3-10-22-53)47-77-57-31-35-59(36-32-57)79-60-37-33-58(34-38-60)78-48-56(76)46-72(52-19-7-2-8-20-52)70-44-50-30-40-68-64(42-50)62-26-14-16-28-66(62)74(68)54-23-11-4-12-24-54/h1-44,55-56,75-76H,45-48H2/b69-43+,70-44+. The molecule has 0 saturated carbocycles. The topological polar surface area (TPSA) is 81.5 Å². The molecule has 10 aromatic carbocycles. The zero-order valence-electron chi connectivity index (χ0n) is 43.2. The van der Waals surface area contributed by atoms with Gasteiger partial charge in [0.1, 0.15) is 0 Å². The maximum Gasteiger partial charge on any atom is 0.0830 e. The van der Waals surface area contributed by atoms with Crippen LogP contribution in [0.5, 0.6) is 0 Å². The summed E-state index contributed by atoms with van der Waals surface area (Å²) in [5, 5.41) is 41.2. The van der Waals surface area contributed by atoms with Crippen LogP contribution in [0.2, 0.25) is 0 Å². The van der Waals surface area contributed by atoms with Crippen LogP contribution < -0.4 is 10.0 Å². The van der Waals surface area contributed by atoms with Gasteiger partial charge in [-0.25, -0.2) is 0 Å². The van der Waals surface area contributed by atoms with Crippen LogP contribution >= 0.6 is 35.3 Å². The van der Waals surface area contributed by atoms with Crippen molar-refractivity contribution in [2.24, 2.45) is 10.2 Å². The van der Waals surface area contributed by atoms with Crippen molar-refractivity contribution in [1.82, 2.24) is 9.13 Å². The average Bonchev–Trinajstić information content (AvgIpc) is 4.26. The number of rotatable bonds is 20. The predicted molar refractivity (Wildman–Crippen MR) is 335 cm³/mol. The molecule has 2 unspecified atom stereocenters. The Labute approximate surface area is 473 Å². The molecule has 79 heavy (non-hydrogen) atoms. The Bertz CT molecular complexity index is 3780. The van der Waals surface area contributed by atoms with Crippen LogP contribution in [-0.4, -0.2) is 68.6 Å². The summed E-state index contributed by atoms with van der Waals surface area (Å²) in [5.74, 6) is 1.03. The Morgan fingerprint density at radius 1 is 0.367 bits per heavy atom. The molecule has 0 aliphatic rings. The van der Waals surface area contributed by atoms with Crippen LogP contribution in [0.3, 0.4) is 0 Å². The minimum absolute atomic E-state index is 0.340. The fourth-order valence-electron chi connectivity index (χ4n) is 10.00. The minimum Gasteiger partial charge on any atom is -0.390 e. The van der Waals surface area contributed by atoms with E-state index in [0.29, 0.717) is 24.6 Å². The van der Waals surface area contributed by atoms with E-state index in [9.17, 15) is 10.2 Å². The minimum atomic E-state index is -0.634. The maximum atomic E-state index is 11.4. The van der Waals surface area contributed by atoms with Gasteiger partial charge in [-0.1, -0.05) is 133 Å². The first-order valence-electron chi connectivity index (χ1n) is 26.4. The molecule has 8 nitrogen and oxygen atoms in total. The SMILES string of the molecule is OC(CSc1ccc(Sc2ccc(SCC(O)CN(/N=C/c3ccc4c(c3)c3ccccc3n4-c3ccccc3)c3ccccc3)cc2)cc1)CN(/N=C/c1ccc2c(c1)c1ccccc1n2-c1ccccc1)c1ccccc1. The Morgan fingerprint density at radius 3 is 1.11 bits per heavy atom. The van der Waals surface area contributed by atoms with Crippen molar-refractivity contribution < 1.29 is 10.2 Å². The number of nitrogens with zero attached hydrogens (tertiary/aromatic N) is 6. The lowest BCUT2D eigenvalue weighted by Gasteiger charge is -2.22. The first-order chi connectivity index (χ1) is 39.0. The van der Waals surface area contributed by atoms with Gasteiger partial charge < -0.3 is 19.3 Å². The lowest BCUT2D eigenvalue weighted by Crippen LogP contribution is -2.30. The first kappa shape index (κ1) is 51.5. The highest BCUT2D eigenvalue weighted by Gasteiger charge is 2.17. The summed E-state index contributed by atoms with van der Waals surface area (Å²) < 4.78 is 4.62. The Kier molecular flexibility index (Phi) is 15.7. The number of benzene rings is 10. The number of thioether (sulfide) groups is 2. The van der Waals surface area contributed by atoms with E-state index in [0.717, 1.165) is 86.3 Å². The summed E-state index contributed by atoms with van der Waals surface area (Å²) in [6.45, 7) is 0.681. The highest BCUT2D eigenvalue weighted by molar-refractivity contribution is 8.00. The number of hydrazone groups is 2. The molecule has 2 heterocycles. The normalized spacial score (nSPS) is 12.6. The molecule has 0 saturated heterocycles. The second kappa shape index (κ2) is 24.2. The van der Waals surface area contributed by atoms with Crippen LogP contribution in [0.4, 0.5) is 11.4 Å². The highest BCUT2D eigenvalue weighted by Crippen LogP contribution is 2.36. The third kappa shape index (κ3) is 11.9. The van der Waals surface area contributed by atoms with E-state index in [4.69, 9.17) is 10.2 Å². The van der Waals surface area contributed by atoms with Gasteiger partial charge in [0.05, 0.1) is 71.2 Å². The zero-order valence-corrected chi connectivity index (χ0v) is 45.6. The van der Waals surface area contributed by atoms with E-state index < -0.39 is 12.2 Å². The summed E-state index contributed by atoms with van der Waals surface area (Å²) in [4.78, 5) is 4.45. The molecule has 0 bridgehead atoms. The van der Waals surface area contributed by atoms with Gasteiger partial charge >= 0.3 is 0 Å². The van der Waals surface area contributed by atoms with Crippen molar-refractivity contribution in [1.29, 1.82) is 0 Å². The van der Waals surface area contributed by atoms with E-state index in [1.54, 1.807) is 35.3 Å². The number of aliphatic hydroxyl groups excluding tert-OH is 2. The van der Waals surface area contributed by atoms with Crippen molar-refractivity contribution >= 4 is 103 Å². The molecule has 0 aliphatic carbocycles. The monoisotopic (exact) mass is 1080 g/mol. The maximum absolute atomic E-state index is 11.4. The molecule has 0 spiro atoms. The Hall–Kier alpha value is -8.29. The van der Waals surface area contributed by atoms with Gasteiger partial charge in [-0.2, -0.15) is 10.2 Å². The lowest BCUT2D eigenvalue weighted by atomic mass is 10.1. The molecule has 0 radical (unpaired) electrons. The highest BCUT2D eigenvalue weighted by atomic mass is 32.2. The smallest absolute Gasteiger partial charge is 0.0830 e. The van der Waals surface area contributed by atoms with Crippen molar-refractivity contribution in [3.05, 3.63) is 266 Å². The number of aromatic nitrogens is 2. The van der Waals surface area contributed by atoms with Crippen LogP contribution in [0.15, 0.2) is 285 Å². The van der Waals surface area contributed by atoms with Gasteiger partial charge in [-0.05, 0) is 145 Å². The van der Waals surface area contributed by atoms with Gasteiger partial charge in [-0.15, -0.1) is 23.5 Å². The zero-order chi connectivity index (χ0) is 53.3. The van der Waals surface area contributed by atoms with Crippen LogP contribution in [0.1, 0.15) is 11.1 Å². The molecule has 388 valence electrons. The summed E-state index contributed by atoms with van der Waals surface area (Å²) in [6.07, 6.45) is 2.51. The summed E-state index contributed by atoms with van der Waals surface area (Å²) in [7, 11) is 0. The average molecular weight is 1090 g/mol. The number of aliphatic hydroxyl groups is 2. The van der Waals surface area contributed by atoms with Gasteiger partial charge in [0.25, 0.3) is 0 Å². The summed E-state index contributed by atoms with van der Waals surface area (Å²) >= 11 is 4.98. The van der Waals surface area contributed by atoms with Gasteiger partial charge in [0.2, 0.25) is 0 Å². The summed E-state index contributed by atoms with van der Waals surface area (Å²) in [5.41, 5.74) is 10.6. The van der Waals surface area contributed by atoms with Gasteiger partial charge in [0.15, 0.2) is 0 Å². The molecule has 0 fully saturated rings. The molecule has 2 N–H and O–H groups in total. The van der Waals surface area contributed by atoms with Crippen molar-refractivity contribution in [2.45, 2.75) is 31.8 Å². The van der Waals surface area contributed by atoms with E-state index in [1.165, 1.54) is 10.8 Å². The first-order valence-corrected chi connectivity index (χ1v) is 29.2. The van der Waals surface area contributed by atoms with Crippen molar-refractivity contribution in [3.8, 4) is 11.4 Å². The molecule has 11 heteroatoms. The third-order valence-corrected chi connectivity index (χ3v) is 17.1. The van der Waals surface area contributed by atoms with E-state index in [-0.39, 0.29) is 0 Å². The lowest BCUT2D eigenvalue weighted by molar-refractivity contribution is 0.204. The fraction of sp³-hybridized carbons (Fsp3) is 0.0882. The van der Waals surface area contributed by atoms with Crippen LogP contribution in [0, 0.1) is 0 Å². The molecular weight excluding hydrogens is 1030 g/mol. The van der Waals surface area contributed by atoms with Crippen molar-refractivity contribution in [2.75, 3.05) is 34.6 Å². The Morgan fingerprint density at radius 2 is 0.709 bits per heavy atom. The second-order valence-electron chi connectivity index (χ2n) is 19.2. The number of anilines is 2. The van der Waals surface area contributed by atoms with Gasteiger partial charge in [-0.3, -0.25) is 10.0 Å². The third-order valence-electron chi connectivity index (χ3n) is 13.8. The van der Waals surface area contributed by atoms with Crippen LogP contribution in [0.25, 0.3) is 55.0 Å².